The summed E-state index contributed by atoms with van der Waals surface area (Å²) in [5.74, 6) is 0. The molecule has 0 N–H and O–H groups in total. The number of nitro benzene ring substituents is 1. The first-order valence-electron chi connectivity index (χ1n) is 5.05. The molecule has 5 heteroatoms. The van der Waals surface area contributed by atoms with E-state index >= 15 is 0 Å². The molecule has 0 spiro atoms. The van der Waals surface area contributed by atoms with Crippen LogP contribution in [0.2, 0.25) is 0 Å². The number of benzene rings is 1. The van der Waals surface area contributed by atoms with E-state index in [1.54, 1.807) is 6.07 Å². The van der Waals surface area contributed by atoms with Crippen LogP contribution in [0.25, 0.3) is 0 Å². The van der Waals surface area contributed by atoms with E-state index in [2.05, 4.69) is 34.7 Å². The Hall–Kier alpha value is -0.940. The average molecular weight is 287 g/mol. The normalized spacial score (nSPS) is 11.1. The third kappa shape index (κ3) is 3.02. The van der Waals surface area contributed by atoms with Gasteiger partial charge in [0, 0.05) is 23.1 Å². The minimum atomic E-state index is -0.339. The van der Waals surface area contributed by atoms with E-state index in [1.807, 2.05) is 13.1 Å². The third-order valence-electron chi connectivity index (χ3n) is 2.58. The third-order valence-corrected chi connectivity index (χ3v) is 3.32. The van der Waals surface area contributed by atoms with Gasteiger partial charge in [-0.3, -0.25) is 15.0 Å². The zero-order valence-corrected chi connectivity index (χ0v) is 11.2. The molecule has 1 aromatic carbocycles. The van der Waals surface area contributed by atoms with Gasteiger partial charge < -0.3 is 0 Å². The van der Waals surface area contributed by atoms with Crippen molar-refractivity contribution in [1.82, 2.24) is 4.90 Å². The Kier molecular flexibility index (Phi) is 4.44. The Labute approximate surface area is 104 Å². The maximum atomic E-state index is 10.9. The molecule has 0 aliphatic carbocycles. The Bertz CT molecular complexity index is 394. The van der Waals surface area contributed by atoms with Crippen LogP contribution >= 0.6 is 15.9 Å². The molecule has 0 radical (unpaired) electrons. The fourth-order valence-corrected chi connectivity index (χ4v) is 1.79. The van der Waals surface area contributed by atoms with E-state index in [1.165, 1.54) is 6.07 Å². The lowest BCUT2D eigenvalue weighted by Crippen LogP contribution is -2.26. The van der Waals surface area contributed by atoms with Gasteiger partial charge in [0.25, 0.3) is 5.69 Å². The molecule has 0 fully saturated rings. The highest BCUT2D eigenvalue weighted by molar-refractivity contribution is 9.10. The second-order valence-corrected chi connectivity index (χ2v) is 4.86. The lowest BCUT2D eigenvalue weighted by Gasteiger charge is -2.21. The van der Waals surface area contributed by atoms with Crippen LogP contribution < -0.4 is 0 Å². The summed E-state index contributed by atoms with van der Waals surface area (Å²) in [5, 5.41) is 10.9. The number of nitrogens with zero attached hydrogens (tertiary/aromatic N) is 2. The van der Waals surface area contributed by atoms with Crippen molar-refractivity contribution in [2.75, 3.05) is 7.05 Å². The van der Waals surface area contributed by atoms with Crippen molar-refractivity contribution in [2.24, 2.45) is 0 Å². The second kappa shape index (κ2) is 5.41. The maximum absolute atomic E-state index is 10.9. The van der Waals surface area contributed by atoms with E-state index in [0.29, 0.717) is 12.6 Å². The highest BCUT2D eigenvalue weighted by atomic mass is 79.9. The quantitative estimate of drug-likeness (QED) is 0.631. The molecular formula is C11H15BrN2O2. The van der Waals surface area contributed by atoms with Gasteiger partial charge in [0.1, 0.15) is 0 Å². The summed E-state index contributed by atoms with van der Waals surface area (Å²) < 4.78 is 0.786. The van der Waals surface area contributed by atoms with E-state index in [-0.39, 0.29) is 10.6 Å². The summed E-state index contributed by atoms with van der Waals surface area (Å²) in [6.45, 7) is 4.68. The van der Waals surface area contributed by atoms with Gasteiger partial charge in [-0.25, -0.2) is 0 Å². The minimum absolute atomic E-state index is 0.168. The standard InChI is InChI=1S/C11H15BrN2O2/c1-8(2)13(3)7-9-10(12)5-4-6-11(9)14(15)16/h4-6,8H,7H2,1-3H3. The van der Waals surface area contributed by atoms with Gasteiger partial charge in [-0.15, -0.1) is 0 Å². The fourth-order valence-electron chi connectivity index (χ4n) is 1.31. The summed E-state index contributed by atoms with van der Waals surface area (Å²) in [6.07, 6.45) is 0. The van der Waals surface area contributed by atoms with Crippen LogP contribution in [-0.2, 0) is 6.54 Å². The molecule has 1 rings (SSSR count). The summed E-state index contributed by atoms with van der Waals surface area (Å²) in [6, 6.07) is 5.40. The number of hydrogen-bond acceptors (Lipinski definition) is 3. The van der Waals surface area contributed by atoms with Crippen molar-refractivity contribution in [3.63, 3.8) is 0 Å². The topological polar surface area (TPSA) is 46.4 Å². The molecule has 0 bridgehead atoms. The Morgan fingerprint density at radius 3 is 2.62 bits per heavy atom. The summed E-state index contributed by atoms with van der Waals surface area (Å²) in [7, 11) is 1.95. The predicted octanol–water partition coefficient (Wildman–Crippen LogP) is 3.20. The summed E-state index contributed by atoms with van der Waals surface area (Å²) in [5.41, 5.74) is 0.894. The Morgan fingerprint density at radius 1 is 1.50 bits per heavy atom. The van der Waals surface area contributed by atoms with Gasteiger partial charge >= 0.3 is 0 Å². The molecule has 0 heterocycles. The number of rotatable bonds is 4. The van der Waals surface area contributed by atoms with Crippen molar-refractivity contribution >= 4 is 21.6 Å². The Balaban J connectivity index is 3.06. The molecule has 0 amide bonds. The smallest absolute Gasteiger partial charge is 0.275 e. The molecule has 88 valence electrons. The monoisotopic (exact) mass is 286 g/mol. The van der Waals surface area contributed by atoms with Crippen molar-refractivity contribution in [2.45, 2.75) is 26.4 Å². The molecule has 0 aromatic heterocycles. The van der Waals surface area contributed by atoms with Crippen molar-refractivity contribution in [3.05, 3.63) is 38.3 Å². The van der Waals surface area contributed by atoms with Crippen LogP contribution in [0, 0.1) is 10.1 Å². The number of halogens is 1. The van der Waals surface area contributed by atoms with E-state index < -0.39 is 0 Å². The van der Waals surface area contributed by atoms with E-state index in [9.17, 15) is 10.1 Å². The van der Waals surface area contributed by atoms with Gasteiger partial charge in [-0.2, -0.15) is 0 Å². The Morgan fingerprint density at radius 2 is 2.12 bits per heavy atom. The highest BCUT2D eigenvalue weighted by Gasteiger charge is 2.18. The van der Waals surface area contributed by atoms with E-state index in [0.717, 1.165) is 10.0 Å². The lowest BCUT2D eigenvalue weighted by atomic mass is 10.1. The molecule has 0 aliphatic heterocycles. The molecule has 0 unspecified atom stereocenters. The van der Waals surface area contributed by atoms with Crippen molar-refractivity contribution in [3.8, 4) is 0 Å². The van der Waals surface area contributed by atoms with Gasteiger partial charge in [0.05, 0.1) is 10.5 Å². The summed E-state index contributed by atoms with van der Waals surface area (Å²) in [4.78, 5) is 12.6. The number of hydrogen-bond donors (Lipinski definition) is 0. The first kappa shape index (κ1) is 13.1. The van der Waals surface area contributed by atoms with Crippen LogP contribution in [-0.4, -0.2) is 22.9 Å². The van der Waals surface area contributed by atoms with Crippen LogP contribution in [0.3, 0.4) is 0 Å². The van der Waals surface area contributed by atoms with E-state index in [4.69, 9.17) is 0 Å². The molecule has 0 saturated carbocycles. The van der Waals surface area contributed by atoms with Gasteiger partial charge in [0.15, 0.2) is 0 Å². The zero-order chi connectivity index (χ0) is 12.3. The predicted molar refractivity (Wildman–Crippen MR) is 67.4 cm³/mol. The molecule has 0 saturated heterocycles. The SMILES string of the molecule is CC(C)N(C)Cc1c(Br)cccc1[N+](=O)[O-]. The molecule has 16 heavy (non-hydrogen) atoms. The molecule has 1 aromatic rings. The average Bonchev–Trinajstić information content (AvgIpc) is 2.20. The van der Waals surface area contributed by atoms with Crippen LogP contribution in [0.4, 0.5) is 5.69 Å². The van der Waals surface area contributed by atoms with Gasteiger partial charge in [-0.1, -0.05) is 22.0 Å². The molecule has 0 atom stereocenters. The lowest BCUT2D eigenvalue weighted by molar-refractivity contribution is -0.385. The number of nitro groups is 1. The van der Waals surface area contributed by atoms with Crippen LogP contribution in [0.5, 0.6) is 0 Å². The summed E-state index contributed by atoms with van der Waals surface area (Å²) >= 11 is 3.36. The van der Waals surface area contributed by atoms with Gasteiger partial charge in [-0.05, 0) is 27.0 Å². The van der Waals surface area contributed by atoms with Crippen molar-refractivity contribution in [1.29, 1.82) is 0 Å². The van der Waals surface area contributed by atoms with Crippen LogP contribution in [0.15, 0.2) is 22.7 Å². The molecule has 0 aliphatic rings. The zero-order valence-electron chi connectivity index (χ0n) is 9.61. The van der Waals surface area contributed by atoms with Gasteiger partial charge in [0.2, 0.25) is 0 Å². The largest absolute Gasteiger partial charge is 0.299 e. The molecular weight excluding hydrogens is 272 g/mol. The molecule has 4 nitrogen and oxygen atoms in total. The maximum Gasteiger partial charge on any atom is 0.275 e. The first-order valence-corrected chi connectivity index (χ1v) is 5.84. The second-order valence-electron chi connectivity index (χ2n) is 4.00. The van der Waals surface area contributed by atoms with Crippen LogP contribution in [0.1, 0.15) is 19.4 Å². The minimum Gasteiger partial charge on any atom is -0.299 e. The fraction of sp³-hybridized carbons (Fsp3) is 0.455. The van der Waals surface area contributed by atoms with Crippen molar-refractivity contribution < 1.29 is 4.92 Å². The highest BCUT2D eigenvalue weighted by Crippen LogP contribution is 2.27. The first-order chi connectivity index (χ1) is 7.43.